The fourth-order valence-corrected chi connectivity index (χ4v) is 1.33. The summed E-state index contributed by atoms with van der Waals surface area (Å²) < 4.78 is 6.64. The zero-order valence-electron chi connectivity index (χ0n) is 8.51. The van der Waals surface area contributed by atoms with Crippen molar-refractivity contribution < 1.29 is 4.74 Å². The number of hydrogen-bond donors (Lipinski definition) is 1. The van der Waals surface area contributed by atoms with Crippen LogP contribution in [0.3, 0.4) is 0 Å². The van der Waals surface area contributed by atoms with Crippen LogP contribution < -0.4 is 10.5 Å². The Labute approximate surface area is 86.7 Å². The molecule has 78 valence electrons. The van der Waals surface area contributed by atoms with Gasteiger partial charge in [0.2, 0.25) is 5.95 Å². The highest BCUT2D eigenvalue weighted by Gasteiger charge is 2.10. The summed E-state index contributed by atoms with van der Waals surface area (Å²) in [7, 11) is 1.59. The van der Waals surface area contributed by atoms with E-state index in [2.05, 4.69) is 15.5 Å². The normalized spacial score (nSPS) is 10.3. The first kappa shape index (κ1) is 9.45. The van der Waals surface area contributed by atoms with Gasteiger partial charge < -0.3 is 10.5 Å². The predicted octanol–water partition coefficient (Wildman–Crippen LogP) is 0.562. The molecule has 2 aromatic rings. The van der Waals surface area contributed by atoms with Gasteiger partial charge >= 0.3 is 0 Å². The number of nitrogen functional groups attached to an aromatic ring is 1. The molecule has 15 heavy (non-hydrogen) atoms. The Morgan fingerprint density at radius 2 is 2.20 bits per heavy atom. The summed E-state index contributed by atoms with van der Waals surface area (Å²) in [6.45, 7) is 1.98. The van der Waals surface area contributed by atoms with Gasteiger partial charge in [-0.05, 0) is 35.0 Å². The van der Waals surface area contributed by atoms with Crippen LogP contribution in [0.25, 0.3) is 5.69 Å². The van der Waals surface area contributed by atoms with Crippen LogP contribution in [0, 0.1) is 6.92 Å². The second-order valence-corrected chi connectivity index (χ2v) is 3.12. The zero-order chi connectivity index (χ0) is 10.8. The minimum atomic E-state index is 0.235. The number of tetrazole rings is 1. The molecular formula is C9H11N5O. The molecule has 6 heteroatoms. The highest BCUT2D eigenvalue weighted by Crippen LogP contribution is 2.24. The van der Waals surface area contributed by atoms with Gasteiger partial charge in [-0.1, -0.05) is 11.2 Å². The lowest BCUT2D eigenvalue weighted by Crippen LogP contribution is -2.04. The predicted molar refractivity (Wildman–Crippen MR) is 54.9 cm³/mol. The number of benzene rings is 1. The number of anilines is 1. The van der Waals surface area contributed by atoms with Crippen molar-refractivity contribution in [1.82, 2.24) is 20.2 Å². The molecule has 0 radical (unpaired) electrons. The van der Waals surface area contributed by atoms with E-state index in [0.717, 1.165) is 11.3 Å². The largest absolute Gasteiger partial charge is 0.494 e. The number of aryl methyl sites for hydroxylation is 1. The molecule has 2 rings (SSSR count). The van der Waals surface area contributed by atoms with Crippen molar-refractivity contribution in [3.8, 4) is 11.4 Å². The van der Waals surface area contributed by atoms with Gasteiger partial charge in [-0.2, -0.15) is 4.68 Å². The molecule has 0 aliphatic heterocycles. The number of ether oxygens (including phenoxy) is 1. The fourth-order valence-electron chi connectivity index (χ4n) is 1.33. The zero-order valence-corrected chi connectivity index (χ0v) is 8.51. The van der Waals surface area contributed by atoms with E-state index in [-0.39, 0.29) is 5.95 Å². The highest BCUT2D eigenvalue weighted by molar-refractivity contribution is 5.50. The molecule has 0 bridgehead atoms. The minimum absolute atomic E-state index is 0.235. The Bertz CT molecular complexity index is 479. The smallest absolute Gasteiger partial charge is 0.245 e. The van der Waals surface area contributed by atoms with E-state index in [4.69, 9.17) is 10.5 Å². The lowest BCUT2D eigenvalue weighted by Gasteiger charge is -2.08. The number of rotatable bonds is 2. The molecule has 0 fully saturated rings. The molecule has 0 saturated heterocycles. The van der Waals surface area contributed by atoms with Crippen LogP contribution in [0.4, 0.5) is 5.95 Å². The van der Waals surface area contributed by atoms with Crippen molar-refractivity contribution in [3.05, 3.63) is 23.8 Å². The molecule has 0 spiro atoms. The van der Waals surface area contributed by atoms with Gasteiger partial charge in [0, 0.05) is 0 Å². The third-order valence-corrected chi connectivity index (χ3v) is 2.06. The molecule has 0 aliphatic carbocycles. The Hall–Kier alpha value is -2.11. The van der Waals surface area contributed by atoms with Crippen LogP contribution in [0.2, 0.25) is 0 Å². The van der Waals surface area contributed by atoms with Crippen molar-refractivity contribution >= 4 is 5.95 Å². The van der Waals surface area contributed by atoms with Gasteiger partial charge in [0.05, 0.1) is 7.11 Å². The van der Waals surface area contributed by atoms with Crippen LogP contribution in [0.5, 0.6) is 5.75 Å². The molecule has 6 nitrogen and oxygen atoms in total. The maximum absolute atomic E-state index is 5.62. The number of methoxy groups -OCH3 is 1. The molecule has 0 saturated carbocycles. The molecule has 1 aromatic heterocycles. The van der Waals surface area contributed by atoms with Crippen LogP contribution in [-0.2, 0) is 0 Å². The van der Waals surface area contributed by atoms with Crippen LogP contribution in [0.15, 0.2) is 18.2 Å². The van der Waals surface area contributed by atoms with E-state index in [9.17, 15) is 0 Å². The number of aromatic nitrogens is 4. The molecule has 1 heterocycles. The second kappa shape index (κ2) is 3.56. The van der Waals surface area contributed by atoms with E-state index in [1.54, 1.807) is 7.11 Å². The third-order valence-electron chi connectivity index (χ3n) is 2.06. The molecule has 0 aliphatic rings. The van der Waals surface area contributed by atoms with E-state index in [0.29, 0.717) is 5.75 Å². The molecule has 0 amide bonds. The average molecular weight is 205 g/mol. The first-order chi connectivity index (χ1) is 7.22. The maximum atomic E-state index is 5.62. The van der Waals surface area contributed by atoms with Crippen molar-refractivity contribution in [1.29, 1.82) is 0 Å². The van der Waals surface area contributed by atoms with Gasteiger partial charge in [0.25, 0.3) is 0 Å². The summed E-state index contributed by atoms with van der Waals surface area (Å²) in [4.78, 5) is 0. The van der Waals surface area contributed by atoms with Gasteiger partial charge in [-0.15, -0.1) is 0 Å². The highest BCUT2D eigenvalue weighted by atomic mass is 16.5. The summed E-state index contributed by atoms with van der Waals surface area (Å²) in [5.41, 5.74) is 7.44. The summed E-state index contributed by atoms with van der Waals surface area (Å²) >= 11 is 0. The average Bonchev–Trinajstić information content (AvgIpc) is 2.64. The van der Waals surface area contributed by atoms with E-state index in [1.807, 2.05) is 25.1 Å². The summed E-state index contributed by atoms with van der Waals surface area (Å²) in [6.07, 6.45) is 0. The SMILES string of the molecule is COc1ccc(C)cc1-n1nnnc1N. The first-order valence-corrected chi connectivity index (χ1v) is 4.41. The molecule has 0 atom stereocenters. The van der Waals surface area contributed by atoms with Crippen molar-refractivity contribution in [2.24, 2.45) is 0 Å². The Balaban J connectivity index is 2.60. The lowest BCUT2D eigenvalue weighted by atomic mass is 10.2. The quantitative estimate of drug-likeness (QED) is 0.775. The molecule has 1 aromatic carbocycles. The second-order valence-electron chi connectivity index (χ2n) is 3.12. The number of hydrogen-bond acceptors (Lipinski definition) is 5. The molecule has 2 N–H and O–H groups in total. The van der Waals surface area contributed by atoms with Crippen molar-refractivity contribution in [2.45, 2.75) is 6.92 Å². The van der Waals surface area contributed by atoms with E-state index >= 15 is 0 Å². The monoisotopic (exact) mass is 205 g/mol. The van der Waals surface area contributed by atoms with Gasteiger partial charge in [0.1, 0.15) is 11.4 Å². The van der Waals surface area contributed by atoms with Crippen LogP contribution >= 0.6 is 0 Å². The Kier molecular flexibility index (Phi) is 2.24. The number of nitrogens with two attached hydrogens (primary N) is 1. The first-order valence-electron chi connectivity index (χ1n) is 4.41. The number of nitrogens with zero attached hydrogens (tertiary/aromatic N) is 4. The minimum Gasteiger partial charge on any atom is -0.494 e. The van der Waals surface area contributed by atoms with Gasteiger partial charge in [0.15, 0.2) is 0 Å². The third kappa shape index (κ3) is 1.61. The standard InChI is InChI=1S/C9H11N5O/c1-6-3-4-8(15-2)7(5-6)14-9(10)11-12-13-14/h3-5H,1-2H3,(H2,10,11,13). The van der Waals surface area contributed by atoms with E-state index in [1.165, 1.54) is 4.68 Å². The van der Waals surface area contributed by atoms with Crippen LogP contribution in [0.1, 0.15) is 5.56 Å². The van der Waals surface area contributed by atoms with Gasteiger partial charge in [-0.25, -0.2) is 0 Å². The summed E-state index contributed by atoms with van der Waals surface area (Å²) in [6, 6.07) is 5.71. The van der Waals surface area contributed by atoms with Crippen molar-refractivity contribution in [2.75, 3.05) is 12.8 Å². The fraction of sp³-hybridized carbons (Fsp3) is 0.222. The van der Waals surface area contributed by atoms with E-state index < -0.39 is 0 Å². The Morgan fingerprint density at radius 1 is 1.40 bits per heavy atom. The van der Waals surface area contributed by atoms with Crippen molar-refractivity contribution in [3.63, 3.8) is 0 Å². The summed E-state index contributed by atoms with van der Waals surface area (Å²) in [5.74, 6) is 0.915. The van der Waals surface area contributed by atoms with Crippen LogP contribution in [-0.4, -0.2) is 27.3 Å². The molecular weight excluding hydrogens is 194 g/mol. The van der Waals surface area contributed by atoms with Gasteiger partial charge in [-0.3, -0.25) is 0 Å². The lowest BCUT2D eigenvalue weighted by molar-refractivity contribution is 0.411. The Morgan fingerprint density at radius 3 is 2.80 bits per heavy atom. The summed E-state index contributed by atoms with van der Waals surface area (Å²) in [5, 5.41) is 10.9. The molecule has 0 unspecified atom stereocenters. The topological polar surface area (TPSA) is 78.8 Å². The maximum Gasteiger partial charge on any atom is 0.245 e.